The molecule has 1 aromatic heterocycles. The van der Waals surface area contributed by atoms with Crippen LogP contribution in [0.1, 0.15) is 19.9 Å². The van der Waals surface area contributed by atoms with E-state index in [-0.39, 0.29) is 0 Å². The molecule has 3 N–H and O–H groups in total. The Bertz CT molecular complexity index is 390. The summed E-state index contributed by atoms with van der Waals surface area (Å²) in [5.74, 6) is -1.84. The first-order chi connectivity index (χ1) is 7.93. The van der Waals surface area contributed by atoms with E-state index in [0.29, 0.717) is 0 Å². The average molecular weight is 242 g/mol. The monoisotopic (exact) mass is 242 g/mol. The minimum atomic E-state index is -1.34. The van der Waals surface area contributed by atoms with Crippen molar-refractivity contribution in [2.45, 2.75) is 32.0 Å². The van der Waals surface area contributed by atoms with Gasteiger partial charge < -0.3 is 15.5 Å². The normalized spacial score (nSPS) is 15.9. The predicted molar refractivity (Wildman–Crippen MR) is 56.0 cm³/mol. The number of hydrogen-bond acceptors (Lipinski definition) is 5. The molecule has 0 aromatic carbocycles. The summed E-state index contributed by atoms with van der Waals surface area (Å²) in [7, 11) is 0. The number of rotatable bonds is 5. The Labute approximate surface area is 97.3 Å². The summed E-state index contributed by atoms with van der Waals surface area (Å²) in [6, 6.07) is -2.04. The number of hydrogen-bond donors (Lipinski definition) is 3. The van der Waals surface area contributed by atoms with Crippen LogP contribution in [-0.4, -0.2) is 49.0 Å². The lowest BCUT2D eigenvalue weighted by atomic mass is 10.1. The van der Waals surface area contributed by atoms with E-state index in [1.165, 1.54) is 24.3 Å². The van der Waals surface area contributed by atoms with Crippen molar-refractivity contribution < 1.29 is 19.8 Å². The Kier molecular flexibility index (Phi) is 4.16. The number of aromatic nitrogens is 3. The number of carboxylic acids is 1. The van der Waals surface area contributed by atoms with Crippen LogP contribution in [0.5, 0.6) is 0 Å². The van der Waals surface area contributed by atoms with Crippen LogP contribution in [0.15, 0.2) is 12.7 Å². The van der Waals surface area contributed by atoms with Gasteiger partial charge in [-0.15, -0.1) is 0 Å². The zero-order chi connectivity index (χ0) is 13.0. The number of carboxylic acid groups (broad SMARTS) is 1. The van der Waals surface area contributed by atoms with Crippen LogP contribution in [0, 0.1) is 0 Å². The lowest BCUT2D eigenvalue weighted by molar-refractivity contribution is -0.145. The first-order valence-corrected chi connectivity index (χ1v) is 4.99. The summed E-state index contributed by atoms with van der Waals surface area (Å²) in [5.41, 5.74) is 0. The first-order valence-electron chi connectivity index (χ1n) is 4.99. The summed E-state index contributed by atoms with van der Waals surface area (Å²) < 4.78 is 1.29. The molecule has 8 heteroatoms. The third-order valence-corrected chi connectivity index (χ3v) is 2.26. The molecule has 3 atom stereocenters. The number of nitrogens with one attached hydrogen (secondary N) is 1. The number of carbonyl (C=O) groups excluding carboxylic acids is 1. The topological polar surface area (TPSA) is 117 Å². The van der Waals surface area contributed by atoms with E-state index in [0.717, 1.165) is 0 Å². The highest BCUT2D eigenvalue weighted by Crippen LogP contribution is 2.03. The molecule has 94 valence electrons. The van der Waals surface area contributed by atoms with Crippen molar-refractivity contribution >= 4 is 11.9 Å². The van der Waals surface area contributed by atoms with Gasteiger partial charge in [-0.3, -0.25) is 4.79 Å². The zero-order valence-corrected chi connectivity index (χ0v) is 9.44. The van der Waals surface area contributed by atoms with E-state index >= 15 is 0 Å². The summed E-state index contributed by atoms with van der Waals surface area (Å²) in [4.78, 5) is 26.1. The van der Waals surface area contributed by atoms with Gasteiger partial charge in [-0.25, -0.2) is 14.5 Å². The van der Waals surface area contributed by atoms with Gasteiger partial charge in [0.25, 0.3) is 0 Å². The van der Waals surface area contributed by atoms with Crippen molar-refractivity contribution in [3.8, 4) is 0 Å². The maximum absolute atomic E-state index is 11.7. The molecule has 17 heavy (non-hydrogen) atoms. The summed E-state index contributed by atoms with van der Waals surface area (Å²) >= 11 is 0. The zero-order valence-electron chi connectivity index (χ0n) is 9.44. The number of aliphatic carboxylic acids is 1. The van der Waals surface area contributed by atoms with Crippen LogP contribution < -0.4 is 5.32 Å². The third-order valence-electron chi connectivity index (χ3n) is 2.26. The van der Waals surface area contributed by atoms with E-state index in [4.69, 9.17) is 5.11 Å². The van der Waals surface area contributed by atoms with Gasteiger partial charge in [-0.2, -0.15) is 5.10 Å². The largest absolute Gasteiger partial charge is 0.480 e. The number of nitrogens with zero attached hydrogens (tertiary/aromatic N) is 3. The van der Waals surface area contributed by atoms with E-state index in [1.54, 1.807) is 6.92 Å². The highest BCUT2D eigenvalue weighted by molar-refractivity contribution is 5.85. The minimum absolute atomic E-state index is 0.552. The van der Waals surface area contributed by atoms with Gasteiger partial charge in [0.05, 0.1) is 6.10 Å². The second-order valence-corrected chi connectivity index (χ2v) is 3.62. The Morgan fingerprint density at radius 3 is 2.47 bits per heavy atom. The fourth-order valence-corrected chi connectivity index (χ4v) is 1.20. The summed E-state index contributed by atoms with van der Waals surface area (Å²) in [6.07, 6.45) is 1.44. The van der Waals surface area contributed by atoms with Gasteiger partial charge in [-0.05, 0) is 13.8 Å². The highest BCUT2D eigenvalue weighted by Gasteiger charge is 2.27. The number of aliphatic hydroxyl groups excluding tert-OH is 1. The smallest absolute Gasteiger partial charge is 0.328 e. The number of carbonyl (C=O) groups is 2. The highest BCUT2D eigenvalue weighted by atomic mass is 16.4. The molecule has 1 rings (SSSR count). The Hall–Kier alpha value is -1.96. The van der Waals surface area contributed by atoms with Gasteiger partial charge in [-0.1, -0.05) is 0 Å². The fourth-order valence-electron chi connectivity index (χ4n) is 1.20. The van der Waals surface area contributed by atoms with Crippen molar-refractivity contribution in [3.63, 3.8) is 0 Å². The molecule has 1 aromatic rings. The number of aliphatic hydroxyl groups is 1. The molecule has 0 aliphatic rings. The molecular formula is C9H14N4O4. The molecule has 0 aliphatic carbocycles. The lowest BCUT2D eigenvalue weighted by Crippen LogP contribution is -2.49. The van der Waals surface area contributed by atoms with Gasteiger partial charge >= 0.3 is 5.97 Å². The molecule has 1 amide bonds. The molecule has 0 bridgehead atoms. The van der Waals surface area contributed by atoms with Gasteiger partial charge in [0.2, 0.25) is 5.91 Å². The van der Waals surface area contributed by atoms with Crippen LogP contribution >= 0.6 is 0 Å². The maximum atomic E-state index is 11.7. The SMILES string of the molecule is CC(O)C(NC(=O)C(C)n1cncn1)C(=O)O. The maximum Gasteiger partial charge on any atom is 0.328 e. The van der Waals surface area contributed by atoms with Crippen LogP contribution in [0.4, 0.5) is 0 Å². The lowest BCUT2D eigenvalue weighted by Gasteiger charge is -2.19. The van der Waals surface area contributed by atoms with Crippen molar-refractivity contribution in [3.05, 3.63) is 12.7 Å². The molecule has 0 aliphatic heterocycles. The third kappa shape index (κ3) is 3.25. The minimum Gasteiger partial charge on any atom is -0.480 e. The van der Waals surface area contributed by atoms with E-state index in [9.17, 15) is 14.7 Å². The molecule has 1 heterocycles. The first kappa shape index (κ1) is 13.1. The van der Waals surface area contributed by atoms with E-state index < -0.39 is 30.1 Å². The van der Waals surface area contributed by atoms with Crippen LogP contribution in [0.2, 0.25) is 0 Å². The molecule has 0 saturated carbocycles. The van der Waals surface area contributed by atoms with Gasteiger partial charge in [0.15, 0.2) is 6.04 Å². The Balaban J connectivity index is 2.68. The quantitative estimate of drug-likeness (QED) is 0.596. The van der Waals surface area contributed by atoms with Crippen molar-refractivity contribution in [2.75, 3.05) is 0 Å². The average Bonchev–Trinajstić information content (AvgIpc) is 2.76. The van der Waals surface area contributed by atoms with Crippen molar-refractivity contribution in [2.24, 2.45) is 0 Å². The molecule has 0 radical (unpaired) electrons. The van der Waals surface area contributed by atoms with Crippen LogP contribution in [0.25, 0.3) is 0 Å². The molecule has 3 unspecified atom stereocenters. The predicted octanol–water partition coefficient (Wildman–Crippen LogP) is -1.21. The second kappa shape index (κ2) is 5.39. The van der Waals surface area contributed by atoms with E-state index in [2.05, 4.69) is 15.4 Å². The van der Waals surface area contributed by atoms with E-state index in [1.807, 2.05) is 0 Å². The van der Waals surface area contributed by atoms with Crippen LogP contribution in [0.3, 0.4) is 0 Å². The van der Waals surface area contributed by atoms with Crippen LogP contribution in [-0.2, 0) is 9.59 Å². The van der Waals surface area contributed by atoms with Gasteiger partial charge in [0.1, 0.15) is 18.7 Å². The fraction of sp³-hybridized carbons (Fsp3) is 0.556. The molecule has 8 nitrogen and oxygen atoms in total. The summed E-state index contributed by atoms with van der Waals surface area (Å²) in [5, 5.41) is 24.0. The van der Waals surface area contributed by atoms with Gasteiger partial charge in [0, 0.05) is 0 Å². The number of amides is 1. The molecule has 0 saturated heterocycles. The summed E-state index contributed by atoms with van der Waals surface area (Å²) in [6.45, 7) is 2.84. The second-order valence-electron chi connectivity index (χ2n) is 3.62. The molecular weight excluding hydrogens is 228 g/mol. The molecule has 0 fully saturated rings. The van der Waals surface area contributed by atoms with Crippen molar-refractivity contribution in [1.29, 1.82) is 0 Å². The molecule has 0 spiro atoms. The Morgan fingerprint density at radius 2 is 2.06 bits per heavy atom. The Morgan fingerprint density at radius 1 is 1.41 bits per heavy atom. The van der Waals surface area contributed by atoms with Crippen molar-refractivity contribution in [1.82, 2.24) is 20.1 Å². The standard InChI is InChI=1S/C9H14N4O4/c1-5(13-4-10-3-11-13)8(15)12-7(6(2)14)9(16)17/h3-7,14H,1-2H3,(H,12,15)(H,16,17).